The summed E-state index contributed by atoms with van der Waals surface area (Å²) in [5.41, 5.74) is 7.17. The van der Waals surface area contributed by atoms with Crippen LogP contribution in [0.25, 0.3) is 0 Å². The van der Waals surface area contributed by atoms with Crippen molar-refractivity contribution in [3.05, 3.63) is 58.1 Å². The monoisotopic (exact) mass is 352 g/mol. The Morgan fingerprint density at radius 1 is 1.48 bits per heavy atom. The summed E-state index contributed by atoms with van der Waals surface area (Å²) in [5, 5.41) is 11.6. The Bertz CT molecular complexity index is 664. The number of nitrogens with two attached hydrogens (primary N) is 1. The highest BCUT2D eigenvalue weighted by molar-refractivity contribution is 9.10. The van der Waals surface area contributed by atoms with Crippen molar-refractivity contribution in [3.8, 4) is 0 Å². The average molecular weight is 353 g/mol. The zero-order chi connectivity index (χ0) is 15.4. The van der Waals surface area contributed by atoms with E-state index in [-0.39, 0.29) is 10.3 Å². The lowest BCUT2D eigenvalue weighted by atomic mass is 10.1. The van der Waals surface area contributed by atoms with Crippen LogP contribution in [0.4, 0.5) is 10.1 Å². The predicted molar refractivity (Wildman–Crippen MR) is 83.0 cm³/mol. The summed E-state index contributed by atoms with van der Waals surface area (Å²) < 4.78 is 14.6. The first-order valence-electron chi connectivity index (χ1n) is 6.10. The zero-order valence-corrected chi connectivity index (χ0v) is 12.9. The van der Waals surface area contributed by atoms with Gasteiger partial charge < -0.3 is 15.8 Å². The molecule has 110 valence electrons. The average Bonchev–Trinajstić information content (AvgIpc) is 2.50. The van der Waals surface area contributed by atoms with Gasteiger partial charge in [0.25, 0.3) is 0 Å². The van der Waals surface area contributed by atoms with E-state index in [1.807, 2.05) is 12.1 Å². The largest absolute Gasteiger partial charge is 0.409 e. The molecule has 1 aromatic heterocycles. The van der Waals surface area contributed by atoms with E-state index in [0.29, 0.717) is 17.8 Å². The molecule has 0 aliphatic rings. The van der Waals surface area contributed by atoms with Gasteiger partial charge in [0.1, 0.15) is 0 Å². The van der Waals surface area contributed by atoms with Crippen molar-refractivity contribution in [1.29, 1.82) is 0 Å². The summed E-state index contributed by atoms with van der Waals surface area (Å²) in [6.45, 7) is 0.514. The molecule has 3 N–H and O–H groups in total. The molecule has 0 bridgehead atoms. The molecule has 1 heterocycles. The number of aromatic nitrogens is 1. The van der Waals surface area contributed by atoms with Crippen LogP contribution in [-0.4, -0.2) is 23.1 Å². The van der Waals surface area contributed by atoms with E-state index in [9.17, 15) is 4.39 Å². The second kappa shape index (κ2) is 6.53. The Labute approximate surface area is 130 Å². The van der Waals surface area contributed by atoms with Gasteiger partial charge in [-0.2, -0.15) is 0 Å². The third-order valence-electron chi connectivity index (χ3n) is 3.00. The number of pyridine rings is 1. The first-order chi connectivity index (χ1) is 10.0. The maximum absolute atomic E-state index is 14.4. The fraction of sp³-hybridized carbons (Fsp3) is 0.143. The second-order valence-electron chi connectivity index (χ2n) is 4.46. The lowest BCUT2D eigenvalue weighted by Gasteiger charge is -2.21. The highest BCUT2D eigenvalue weighted by Crippen LogP contribution is 2.29. The number of halogens is 2. The van der Waals surface area contributed by atoms with Crippen LogP contribution in [0.1, 0.15) is 11.1 Å². The number of oxime groups is 1. The Hall–Kier alpha value is -2.15. The van der Waals surface area contributed by atoms with Gasteiger partial charge in [-0.05, 0) is 39.7 Å². The summed E-state index contributed by atoms with van der Waals surface area (Å²) in [7, 11) is 1.78. The maximum atomic E-state index is 14.4. The van der Waals surface area contributed by atoms with E-state index >= 15 is 0 Å². The molecular formula is C14H14BrFN4O. The fourth-order valence-electron chi connectivity index (χ4n) is 1.94. The number of rotatable bonds is 4. The molecular weight excluding hydrogens is 339 g/mol. The van der Waals surface area contributed by atoms with Crippen LogP contribution in [0.15, 0.2) is 46.3 Å². The topological polar surface area (TPSA) is 74.7 Å². The smallest absolute Gasteiger partial charge is 0.171 e. The molecule has 1 aromatic carbocycles. The van der Waals surface area contributed by atoms with Crippen molar-refractivity contribution in [2.75, 3.05) is 11.9 Å². The summed E-state index contributed by atoms with van der Waals surface area (Å²) in [4.78, 5) is 5.79. The van der Waals surface area contributed by atoms with E-state index in [4.69, 9.17) is 10.9 Å². The van der Waals surface area contributed by atoms with Gasteiger partial charge in [0, 0.05) is 31.5 Å². The van der Waals surface area contributed by atoms with E-state index < -0.39 is 5.82 Å². The minimum atomic E-state index is -0.467. The van der Waals surface area contributed by atoms with E-state index in [0.717, 1.165) is 5.56 Å². The predicted octanol–water partition coefficient (Wildman–Crippen LogP) is 2.71. The van der Waals surface area contributed by atoms with Crippen LogP contribution >= 0.6 is 15.9 Å². The molecule has 2 aromatic rings. The van der Waals surface area contributed by atoms with Crippen molar-refractivity contribution in [3.63, 3.8) is 0 Å². The summed E-state index contributed by atoms with van der Waals surface area (Å²) in [6, 6.07) is 6.93. The van der Waals surface area contributed by atoms with Crippen molar-refractivity contribution in [2.24, 2.45) is 10.9 Å². The van der Waals surface area contributed by atoms with Crippen LogP contribution in [0, 0.1) is 5.82 Å². The number of hydrogen-bond acceptors (Lipinski definition) is 4. The van der Waals surface area contributed by atoms with Crippen molar-refractivity contribution in [2.45, 2.75) is 6.54 Å². The molecule has 0 unspecified atom stereocenters. The number of benzene rings is 1. The highest BCUT2D eigenvalue weighted by Gasteiger charge is 2.16. The number of amidine groups is 1. The van der Waals surface area contributed by atoms with Crippen LogP contribution in [-0.2, 0) is 6.54 Å². The van der Waals surface area contributed by atoms with Crippen LogP contribution < -0.4 is 10.6 Å². The van der Waals surface area contributed by atoms with Crippen molar-refractivity contribution in [1.82, 2.24) is 4.98 Å². The molecule has 7 heteroatoms. The number of hydrogen-bond donors (Lipinski definition) is 2. The standard InChI is InChI=1S/C14H14BrFN4O/c1-20(8-9-3-2-6-18-7-9)11-5-4-10(14(17)19-21)12(15)13(11)16/h2-7,21H,8H2,1H3,(H2,17,19). The third kappa shape index (κ3) is 3.30. The minimum Gasteiger partial charge on any atom is -0.409 e. The normalized spacial score (nSPS) is 11.5. The summed E-state index contributed by atoms with van der Waals surface area (Å²) in [6.07, 6.45) is 3.42. The Balaban J connectivity index is 2.30. The van der Waals surface area contributed by atoms with Gasteiger partial charge in [0.15, 0.2) is 11.7 Å². The highest BCUT2D eigenvalue weighted by atomic mass is 79.9. The molecule has 0 radical (unpaired) electrons. The summed E-state index contributed by atoms with van der Waals surface area (Å²) >= 11 is 3.14. The quantitative estimate of drug-likeness (QED) is 0.384. The van der Waals surface area contributed by atoms with Crippen LogP contribution in [0.2, 0.25) is 0 Å². The second-order valence-corrected chi connectivity index (χ2v) is 5.26. The van der Waals surface area contributed by atoms with E-state index in [1.165, 1.54) is 0 Å². The van der Waals surface area contributed by atoms with Gasteiger partial charge in [-0.3, -0.25) is 4.98 Å². The first kappa shape index (κ1) is 15.2. The molecule has 2 rings (SSSR count). The molecule has 0 spiro atoms. The lowest BCUT2D eigenvalue weighted by molar-refractivity contribution is 0.318. The Morgan fingerprint density at radius 3 is 2.86 bits per heavy atom. The summed E-state index contributed by atoms with van der Waals surface area (Å²) in [5.74, 6) is -0.618. The van der Waals surface area contributed by atoms with Gasteiger partial charge in [0.05, 0.1) is 10.2 Å². The van der Waals surface area contributed by atoms with Gasteiger partial charge in [0.2, 0.25) is 0 Å². The van der Waals surface area contributed by atoms with E-state index in [2.05, 4.69) is 26.1 Å². The maximum Gasteiger partial charge on any atom is 0.171 e. The SMILES string of the molecule is CN(Cc1cccnc1)c1ccc(/C(N)=N/O)c(Br)c1F. The lowest BCUT2D eigenvalue weighted by Crippen LogP contribution is -2.20. The molecule has 0 saturated carbocycles. The molecule has 0 aliphatic heterocycles. The van der Waals surface area contributed by atoms with E-state index in [1.54, 1.807) is 36.5 Å². The zero-order valence-electron chi connectivity index (χ0n) is 11.3. The number of anilines is 1. The third-order valence-corrected chi connectivity index (χ3v) is 3.77. The van der Waals surface area contributed by atoms with Crippen molar-refractivity contribution < 1.29 is 9.60 Å². The molecule has 5 nitrogen and oxygen atoms in total. The Morgan fingerprint density at radius 2 is 2.24 bits per heavy atom. The van der Waals surface area contributed by atoms with Gasteiger partial charge in [-0.1, -0.05) is 11.2 Å². The van der Waals surface area contributed by atoms with Crippen LogP contribution in [0.3, 0.4) is 0 Å². The fourth-order valence-corrected chi connectivity index (χ4v) is 2.47. The molecule has 21 heavy (non-hydrogen) atoms. The van der Waals surface area contributed by atoms with Gasteiger partial charge >= 0.3 is 0 Å². The van der Waals surface area contributed by atoms with Gasteiger partial charge in [-0.25, -0.2) is 4.39 Å². The molecule has 0 atom stereocenters. The molecule has 0 fully saturated rings. The van der Waals surface area contributed by atoms with Crippen LogP contribution in [0.5, 0.6) is 0 Å². The Kier molecular flexibility index (Phi) is 4.74. The molecule has 0 aliphatic carbocycles. The molecule has 0 saturated heterocycles. The minimum absolute atomic E-state index is 0.151. The number of nitrogens with zero attached hydrogens (tertiary/aromatic N) is 3. The molecule has 0 amide bonds. The van der Waals surface area contributed by atoms with Crippen molar-refractivity contribution >= 4 is 27.5 Å². The first-order valence-corrected chi connectivity index (χ1v) is 6.89. The van der Waals surface area contributed by atoms with Gasteiger partial charge in [-0.15, -0.1) is 0 Å².